The summed E-state index contributed by atoms with van der Waals surface area (Å²) >= 11 is 0. The largest absolute Gasteiger partial charge is 0.462 e. The third kappa shape index (κ3) is 2.72. The molecule has 5 aliphatic rings. The second-order valence-corrected chi connectivity index (χ2v) is 12.7. The third-order valence-electron chi connectivity index (χ3n) is 11.1. The topological polar surface area (TPSA) is 52.6 Å². The molecule has 0 N–H and O–H groups in total. The van der Waals surface area contributed by atoms with E-state index in [4.69, 9.17) is 9.47 Å². The van der Waals surface area contributed by atoms with Gasteiger partial charge in [0.05, 0.1) is 0 Å². The predicted octanol–water partition coefficient (Wildman–Crippen LogP) is 5.84. The Bertz CT molecular complexity index is 855. The maximum atomic E-state index is 12.4. The van der Waals surface area contributed by atoms with Crippen molar-refractivity contribution in [2.24, 2.45) is 39.4 Å². The first-order chi connectivity index (χ1) is 14.4. The zero-order valence-electron chi connectivity index (χ0n) is 20.3. The van der Waals surface area contributed by atoms with Crippen molar-refractivity contribution >= 4 is 11.9 Å². The van der Waals surface area contributed by atoms with Gasteiger partial charge in [-0.3, -0.25) is 4.79 Å². The lowest BCUT2D eigenvalue weighted by Gasteiger charge is -2.70. The summed E-state index contributed by atoms with van der Waals surface area (Å²) < 4.78 is 11.7. The Hall–Kier alpha value is -1.32. The molecule has 7 atom stereocenters. The average Bonchev–Trinajstić information content (AvgIpc) is 3.04. The summed E-state index contributed by atoms with van der Waals surface area (Å²) in [6.07, 6.45) is 8.99. The Kier molecular flexibility index (Phi) is 4.59. The van der Waals surface area contributed by atoms with Gasteiger partial charge in [0, 0.05) is 17.9 Å². The predicted molar refractivity (Wildman–Crippen MR) is 119 cm³/mol. The van der Waals surface area contributed by atoms with E-state index >= 15 is 0 Å². The lowest BCUT2D eigenvalue weighted by molar-refractivity contribution is -0.225. The number of carbonyl (C=O) groups is 2. The molecule has 4 aliphatic carbocycles. The highest BCUT2D eigenvalue weighted by Crippen LogP contribution is 2.73. The quantitative estimate of drug-likeness (QED) is 0.492. The van der Waals surface area contributed by atoms with Crippen LogP contribution in [0.4, 0.5) is 0 Å². The minimum Gasteiger partial charge on any atom is -0.462 e. The molecule has 0 spiro atoms. The molecule has 0 saturated heterocycles. The SMILES string of the molecule is CC(=O)O[C@H]1C[C@@H]2[C@@]3(C)CCCC(C)(C)[C@@H]3CC[C@@]2(C)[C@@H]2CCC3=C(COC3=O)[C@@]12C. The van der Waals surface area contributed by atoms with Crippen LogP contribution in [0.3, 0.4) is 0 Å². The Labute approximate surface area is 187 Å². The molecule has 0 amide bonds. The average molecular weight is 429 g/mol. The van der Waals surface area contributed by atoms with Crippen LogP contribution < -0.4 is 0 Å². The molecule has 3 fully saturated rings. The van der Waals surface area contributed by atoms with Crippen LogP contribution in [0.15, 0.2) is 11.1 Å². The summed E-state index contributed by atoms with van der Waals surface area (Å²) in [5, 5.41) is 0. The number of hydrogen-bond donors (Lipinski definition) is 0. The zero-order valence-corrected chi connectivity index (χ0v) is 20.3. The number of fused-ring (bicyclic) bond motifs is 6. The summed E-state index contributed by atoms with van der Waals surface area (Å²) in [7, 11) is 0. The number of ether oxygens (including phenoxy) is 2. The number of rotatable bonds is 1. The zero-order chi connectivity index (χ0) is 22.4. The number of esters is 2. The number of cyclic esters (lactones) is 1. The van der Waals surface area contributed by atoms with Crippen LogP contribution in [-0.2, 0) is 19.1 Å². The Morgan fingerprint density at radius 3 is 2.39 bits per heavy atom. The van der Waals surface area contributed by atoms with Crippen LogP contribution in [-0.4, -0.2) is 24.6 Å². The fraction of sp³-hybridized carbons (Fsp3) is 0.852. The van der Waals surface area contributed by atoms with Crippen LogP contribution in [0.2, 0.25) is 0 Å². The van der Waals surface area contributed by atoms with Gasteiger partial charge in [0.15, 0.2) is 0 Å². The highest BCUT2D eigenvalue weighted by atomic mass is 16.5. The van der Waals surface area contributed by atoms with Crippen molar-refractivity contribution in [2.75, 3.05) is 6.61 Å². The van der Waals surface area contributed by atoms with Gasteiger partial charge in [-0.15, -0.1) is 0 Å². The van der Waals surface area contributed by atoms with Crippen LogP contribution in [0.25, 0.3) is 0 Å². The Morgan fingerprint density at radius 2 is 1.68 bits per heavy atom. The molecule has 5 rings (SSSR count). The van der Waals surface area contributed by atoms with Gasteiger partial charge in [-0.25, -0.2) is 4.79 Å². The molecule has 0 radical (unpaired) electrons. The van der Waals surface area contributed by atoms with Crippen molar-refractivity contribution in [1.29, 1.82) is 0 Å². The van der Waals surface area contributed by atoms with Crippen molar-refractivity contribution in [1.82, 2.24) is 0 Å². The minimum atomic E-state index is -0.302. The smallest absolute Gasteiger partial charge is 0.334 e. The van der Waals surface area contributed by atoms with Crippen molar-refractivity contribution in [2.45, 2.75) is 99.0 Å². The van der Waals surface area contributed by atoms with E-state index in [0.29, 0.717) is 23.9 Å². The van der Waals surface area contributed by atoms with E-state index in [2.05, 4.69) is 34.6 Å². The second-order valence-electron chi connectivity index (χ2n) is 12.7. The van der Waals surface area contributed by atoms with Crippen molar-refractivity contribution in [3.05, 3.63) is 11.1 Å². The summed E-state index contributed by atoms with van der Waals surface area (Å²) in [5.74, 6) is 1.34. The fourth-order valence-corrected chi connectivity index (χ4v) is 9.87. The molecule has 0 aromatic heterocycles. The monoisotopic (exact) mass is 428 g/mol. The van der Waals surface area contributed by atoms with E-state index in [1.807, 2.05) is 0 Å². The van der Waals surface area contributed by atoms with Gasteiger partial charge in [0.25, 0.3) is 0 Å². The van der Waals surface area contributed by atoms with Gasteiger partial charge < -0.3 is 9.47 Å². The molecule has 172 valence electrons. The van der Waals surface area contributed by atoms with Gasteiger partial charge >= 0.3 is 11.9 Å². The number of carbonyl (C=O) groups excluding carboxylic acids is 2. The second kappa shape index (κ2) is 6.60. The van der Waals surface area contributed by atoms with Crippen LogP contribution >= 0.6 is 0 Å². The highest BCUT2D eigenvalue weighted by Gasteiger charge is 2.68. The van der Waals surface area contributed by atoms with Crippen molar-refractivity contribution in [3.8, 4) is 0 Å². The lowest BCUT2D eigenvalue weighted by atomic mass is 9.35. The normalized spacial score (nSPS) is 48.1. The van der Waals surface area contributed by atoms with Gasteiger partial charge in [-0.1, -0.05) is 41.0 Å². The van der Waals surface area contributed by atoms with Gasteiger partial charge in [0.1, 0.15) is 12.7 Å². The first-order valence-electron chi connectivity index (χ1n) is 12.5. The van der Waals surface area contributed by atoms with Crippen LogP contribution in [0.5, 0.6) is 0 Å². The first kappa shape index (κ1) is 21.5. The molecule has 3 saturated carbocycles. The molecule has 0 aromatic rings. The summed E-state index contributed by atoms with van der Waals surface area (Å²) in [5.41, 5.74) is 2.57. The summed E-state index contributed by atoms with van der Waals surface area (Å²) in [4.78, 5) is 24.7. The van der Waals surface area contributed by atoms with E-state index in [0.717, 1.165) is 36.3 Å². The standard InChI is InChI=1S/C27H40O4/c1-16(28)31-22-14-21-25(4)12-7-11-24(2,3)19(25)10-13-26(21,5)20-9-8-17-18(27(20,22)6)15-30-23(17)29/h19-22H,7-15H2,1-6H3/t19-,20-,21+,22-,25-,26-,27+/m0/s1. The molecule has 0 unspecified atom stereocenters. The minimum absolute atomic E-state index is 0.145. The molecule has 0 aromatic carbocycles. The molecule has 1 heterocycles. The number of hydrogen-bond acceptors (Lipinski definition) is 4. The lowest BCUT2D eigenvalue weighted by Crippen LogP contribution is -2.65. The maximum Gasteiger partial charge on any atom is 0.334 e. The third-order valence-corrected chi connectivity index (χ3v) is 11.1. The summed E-state index contributed by atoms with van der Waals surface area (Å²) in [6.45, 7) is 14.3. The highest BCUT2D eigenvalue weighted by molar-refractivity contribution is 5.92. The van der Waals surface area contributed by atoms with Crippen LogP contribution in [0, 0.1) is 39.4 Å². The molecule has 0 bridgehead atoms. The Morgan fingerprint density at radius 1 is 0.968 bits per heavy atom. The molecule has 31 heavy (non-hydrogen) atoms. The molecule has 4 heteroatoms. The van der Waals surface area contributed by atoms with Gasteiger partial charge in [-0.05, 0) is 84.5 Å². The first-order valence-corrected chi connectivity index (χ1v) is 12.5. The molecule has 1 aliphatic heterocycles. The molecular formula is C27H40O4. The summed E-state index contributed by atoms with van der Waals surface area (Å²) in [6, 6.07) is 0. The van der Waals surface area contributed by atoms with E-state index < -0.39 is 0 Å². The van der Waals surface area contributed by atoms with Gasteiger partial charge in [0.2, 0.25) is 0 Å². The van der Waals surface area contributed by atoms with Gasteiger partial charge in [-0.2, -0.15) is 0 Å². The molecule has 4 nitrogen and oxygen atoms in total. The molecular weight excluding hydrogens is 388 g/mol. The van der Waals surface area contributed by atoms with E-state index in [1.165, 1.54) is 39.0 Å². The fourth-order valence-electron chi connectivity index (χ4n) is 9.87. The Balaban J connectivity index is 1.63. The van der Waals surface area contributed by atoms with Crippen LogP contribution in [0.1, 0.15) is 92.9 Å². The van der Waals surface area contributed by atoms with E-state index in [9.17, 15) is 9.59 Å². The van der Waals surface area contributed by atoms with Crippen molar-refractivity contribution in [3.63, 3.8) is 0 Å². The van der Waals surface area contributed by atoms with E-state index in [-0.39, 0.29) is 34.3 Å². The van der Waals surface area contributed by atoms with Crippen molar-refractivity contribution < 1.29 is 19.1 Å². The maximum absolute atomic E-state index is 12.4. The van der Waals surface area contributed by atoms with E-state index in [1.54, 1.807) is 0 Å².